The van der Waals surface area contributed by atoms with Gasteiger partial charge in [0, 0.05) is 17.2 Å². The van der Waals surface area contributed by atoms with E-state index in [9.17, 15) is 0 Å². The Morgan fingerprint density at radius 1 is 1.29 bits per heavy atom. The number of benzene rings is 1. The fourth-order valence-electron chi connectivity index (χ4n) is 1.52. The topological polar surface area (TPSA) is 34.1 Å². The van der Waals surface area contributed by atoms with E-state index >= 15 is 0 Å². The molecule has 0 unspecified atom stereocenters. The number of nitrogens with one attached hydrogen (secondary N) is 1. The number of halogens is 1. The van der Waals surface area contributed by atoms with Gasteiger partial charge in [0.25, 0.3) is 0 Å². The van der Waals surface area contributed by atoms with Crippen molar-refractivity contribution in [2.75, 3.05) is 12.4 Å². The maximum atomic E-state index is 5.22. The van der Waals surface area contributed by atoms with Crippen LogP contribution in [0.25, 0.3) is 0 Å². The lowest BCUT2D eigenvalue weighted by Gasteiger charge is -2.09. The van der Waals surface area contributed by atoms with Crippen molar-refractivity contribution in [2.24, 2.45) is 0 Å². The largest absolute Gasteiger partial charge is 0.493 e. The summed E-state index contributed by atoms with van der Waals surface area (Å²) < 4.78 is 6.30. The van der Waals surface area contributed by atoms with Crippen molar-refractivity contribution in [1.82, 2.24) is 4.98 Å². The summed E-state index contributed by atoms with van der Waals surface area (Å²) in [5.74, 6) is 1.51. The molecule has 2 aromatic rings. The molecule has 0 bridgehead atoms. The average Bonchev–Trinajstić information content (AvgIpc) is 2.37. The van der Waals surface area contributed by atoms with Crippen LogP contribution in [0.15, 0.2) is 47.1 Å². The van der Waals surface area contributed by atoms with E-state index < -0.39 is 0 Å². The summed E-state index contributed by atoms with van der Waals surface area (Å²) in [4.78, 5) is 4.24. The summed E-state index contributed by atoms with van der Waals surface area (Å²) in [6, 6.07) is 11.9. The Labute approximate surface area is 109 Å². The molecular formula is C13H13BrN2O. The molecule has 1 N–H and O–H groups in total. The normalized spacial score (nSPS) is 10.0. The van der Waals surface area contributed by atoms with Gasteiger partial charge in [-0.3, -0.25) is 0 Å². The van der Waals surface area contributed by atoms with E-state index in [4.69, 9.17) is 4.74 Å². The summed E-state index contributed by atoms with van der Waals surface area (Å²) in [5.41, 5.74) is 1.19. The molecule has 0 spiro atoms. The quantitative estimate of drug-likeness (QED) is 0.937. The van der Waals surface area contributed by atoms with Gasteiger partial charge in [-0.25, -0.2) is 4.98 Å². The maximum absolute atomic E-state index is 5.22. The maximum Gasteiger partial charge on any atom is 0.168 e. The van der Waals surface area contributed by atoms with Crippen LogP contribution >= 0.6 is 15.9 Å². The van der Waals surface area contributed by atoms with Gasteiger partial charge in [0.1, 0.15) is 0 Å². The summed E-state index contributed by atoms with van der Waals surface area (Å²) in [6.07, 6.45) is 1.74. The number of methoxy groups -OCH3 is 1. The van der Waals surface area contributed by atoms with E-state index in [0.717, 1.165) is 16.0 Å². The number of nitrogens with zero attached hydrogens (tertiary/aromatic N) is 1. The van der Waals surface area contributed by atoms with Crippen LogP contribution in [0.5, 0.6) is 5.75 Å². The van der Waals surface area contributed by atoms with Crippen molar-refractivity contribution >= 4 is 21.7 Å². The summed E-state index contributed by atoms with van der Waals surface area (Å²) in [7, 11) is 1.64. The van der Waals surface area contributed by atoms with Gasteiger partial charge in [0.05, 0.1) is 7.11 Å². The minimum Gasteiger partial charge on any atom is -0.493 e. The van der Waals surface area contributed by atoms with Gasteiger partial charge in [-0.2, -0.15) is 0 Å². The molecule has 0 aliphatic rings. The Morgan fingerprint density at radius 3 is 2.94 bits per heavy atom. The van der Waals surface area contributed by atoms with Crippen molar-refractivity contribution in [3.63, 3.8) is 0 Å². The highest BCUT2D eigenvalue weighted by Gasteiger charge is 2.02. The lowest BCUT2D eigenvalue weighted by Crippen LogP contribution is -2.03. The van der Waals surface area contributed by atoms with E-state index in [1.807, 2.05) is 24.3 Å². The number of aromatic nitrogens is 1. The highest BCUT2D eigenvalue weighted by Crippen LogP contribution is 2.21. The van der Waals surface area contributed by atoms with Crippen molar-refractivity contribution < 1.29 is 4.74 Å². The van der Waals surface area contributed by atoms with Gasteiger partial charge >= 0.3 is 0 Å². The monoisotopic (exact) mass is 292 g/mol. The van der Waals surface area contributed by atoms with Gasteiger partial charge in [0.15, 0.2) is 11.6 Å². The van der Waals surface area contributed by atoms with Crippen LogP contribution < -0.4 is 10.1 Å². The third-order valence-corrected chi connectivity index (χ3v) is 2.83. The molecule has 3 nitrogen and oxygen atoms in total. The summed E-state index contributed by atoms with van der Waals surface area (Å²) in [5, 5.41) is 3.25. The molecule has 0 saturated heterocycles. The Balaban J connectivity index is 2.07. The van der Waals surface area contributed by atoms with Crippen LogP contribution in [-0.4, -0.2) is 12.1 Å². The molecule has 0 fully saturated rings. The van der Waals surface area contributed by atoms with Gasteiger partial charge in [0.2, 0.25) is 0 Å². The second kappa shape index (κ2) is 5.68. The first-order valence-corrected chi connectivity index (χ1v) is 6.06. The second-order valence-electron chi connectivity index (χ2n) is 3.54. The number of ether oxygens (including phenoxy) is 1. The molecule has 0 saturated carbocycles. The van der Waals surface area contributed by atoms with Crippen LogP contribution in [0.1, 0.15) is 5.56 Å². The van der Waals surface area contributed by atoms with Crippen LogP contribution in [-0.2, 0) is 6.54 Å². The Kier molecular flexibility index (Phi) is 3.98. The van der Waals surface area contributed by atoms with E-state index in [-0.39, 0.29) is 0 Å². The zero-order valence-corrected chi connectivity index (χ0v) is 11.1. The predicted molar refractivity (Wildman–Crippen MR) is 72.3 cm³/mol. The van der Waals surface area contributed by atoms with Gasteiger partial charge in [-0.05, 0) is 29.8 Å². The van der Waals surface area contributed by atoms with Crippen molar-refractivity contribution in [3.05, 3.63) is 52.6 Å². The third-order valence-electron chi connectivity index (χ3n) is 2.34. The third kappa shape index (κ3) is 3.20. The van der Waals surface area contributed by atoms with E-state index in [1.165, 1.54) is 5.56 Å². The molecule has 0 atom stereocenters. The predicted octanol–water partition coefficient (Wildman–Crippen LogP) is 3.46. The molecule has 0 aliphatic carbocycles. The average molecular weight is 293 g/mol. The molecule has 0 radical (unpaired) electrons. The number of anilines is 1. The highest BCUT2D eigenvalue weighted by molar-refractivity contribution is 9.10. The molecular weight excluding hydrogens is 280 g/mol. The number of hydrogen-bond acceptors (Lipinski definition) is 3. The van der Waals surface area contributed by atoms with Crippen molar-refractivity contribution in [2.45, 2.75) is 6.54 Å². The second-order valence-corrected chi connectivity index (χ2v) is 4.45. The Morgan fingerprint density at radius 2 is 2.18 bits per heavy atom. The van der Waals surface area contributed by atoms with E-state index in [2.05, 4.69) is 38.4 Å². The molecule has 4 heteroatoms. The minimum atomic E-state index is 0.715. The number of pyridine rings is 1. The van der Waals surface area contributed by atoms with Gasteiger partial charge in [-0.1, -0.05) is 28.1 Å². The molecule has 0 amide bonds. The zero-order valence-electron chi connectivity index (χ0n) is 9.48. The first-order valence-electron chi connectivity index (χ1n) is 5.27. The molecule has 1 aromatic heterocycles. The summed E-state index contributed by atoms with van der Waals surface area (Å²) >= 11 is 3.45. The van der Waals surface area contributed by atoms with Crippen molar-refractivity contribution in [1.29, 1.82) is 0 Å². The van der Waals surface area contributed by atoms with Crippen LogP contribution in [0.3, 0.4) is 0 Å². The molecule has 2 rings (SSSR count). The molecule has 1 aromatic carbocycles. The number of rotatable bonds is 4. The van der Waals surface area contributed by atoms with Crippen LogP contribution in [0.2, 0.25) is 0 Å². The number of hydrogen-bond donors (Lipinski definition) is 1. The lowest BCUT2D eigenvalue weighted by atomic mass is 10.2. The Bertz CT molecular complexity index is 502. The van der Waals surface area contributed by atoms with E-state index in [1.54, 1.807) is 13.3 Å². The standard InChI is InChI=1S/C13H13BrN2O/c1-17-12-6-3-7-15-13(12)16-9-10-4-2-5-11(14)8-10/h2-8H,9H2,1H3,(H,15,16). The minimum absolute atomic E-state index is 0.715. The van der Waals surface area contributed by atoms with Gasteiger partial charge < -0.3 is 10.1 Å². The summed E-state index contributed by atoms with van der Waals surface area (Å²) in [6.45, 7) is 0.715. The smallest absolute Gasteiger partial charge is 0.168 e. The zero-order chi connectivity index (χ0) is 12.1. The Hall–Kier alpha value is -1.55. The molecule has 88 valence electrons. The van der Waals surface area contributed by atoms with Crippen molar-refractivity contribution in [3.8, 4) is 5.75 Å². The molecule has 17 heavy (non-hydrogen) atoms. The lowest BCUT2D eigenvalue weighted by molar-refractivity contribution is 0.415. The highest BCUT2D eigenvalue weighted by atomic mass is 79.9. The molecule has 0 aliphatic heterocycles. The van der Waals surface area contributed by atoms with E-state index in [0.29, 0.717) is 6.54 Å². The fraction of sp³-hybridized carbons (Fsp3) is 0.154. The fourth-order valence-corrected chi connectivity index (χ4v) is 1.97. The van der Waals surface area contributed by atoms with Crippen LogP contribution in [0, 0.1) is 0 Å². The van der Waals surface area contributed by atoms with Crippen LogP contribution in [0.4, 0.5) is 5.82 Å². The first kappa shape index (κ1) is 11.9. The SMILES string of the molecule is COc1cccnc1NCc1cccc(Br)c1. The molecule has 1 heterocycles. The first-order chi connectivity index (χ1) is 8.29. The van der Waals surface area contributed by atoms with Gasteiger partial charge in [-0.15, -0.1) is 0 Å².